The average molecular weight is 408 g/mol. The quantitative estimate of drug-likeness (QED) is 0.610. The molecular weight excluding hydrogens is 380 g/mol. The van der Waals surface area contributed by atoms with Gasteiger partial charge in [0, 0.05) is 18.4 Å². The molecule has 1 N–H and O–H groups in total. The van der Waals surface area contributed by atoms with Crippen LogP contribution in [0.1, 0.15) is 31.7 Å². The molecule has 1 heterocycles. The third-order valence-corrected chi connectivity index (χ3v) is 5.20. The third kappa shape index (κ3) is 4.32. The lowest BCUT2D eigenvalue weighted by Crippen LogP contribution is -2.46. The maximum atomic E-state index is 12.4. The second-order valence-electron chi connectivity index (χ2n) is 7.10. The van der Waals surface area contributed by atoms with E-state index in [2.05, 4.69) is 11.9 Å². The molecule has 0 amide bonds. The second-order valence-corrected chi connectivity index (χ2v) is 7.10. The topological polar surface area (TPSA) is 71.4 Å². The highest BCUT2D eigenvalue weighted by Gasteiger charge is 2.36. The summed E-state index contributed by atoms with van der Waals surface area (Å²) < 4.78 is 11.2. The summed E-state index contributed by atoms with van der Waals surface area (Å²) in [7, 11) is 3.17. The average Bonchev–Trinajstić information content (AvgIpc) is 2.79. The molecule has 6 heteroatoms. The van der Waals surface area contributed by atoms with Crippen LogP contribution in [0.2, 0.25) is 0 Å². The number of benzene rings is 2. The van der Waals surface area contributed by atoms with Crippen molar-refractivity contribution in [2.24, 2.45) is 4.99 Å². The van der Waals surface area contributed by atoms with Crippen LogP contribution in [0, 0.1) is 0 Å². The molecule has 0 aliphatic carbocycles. The highest BCUT2D eigenvalue weighted by molar-refractivity contribution is 6.06. The molecule has 0 radical (unpaired) electrons. The van der Waals surface area contributed by atoms with E-state index in [1.54, 1.807) is 14.2 Å². The minimum Gasteiger partial charge on any atom is -0.494 e. The Morgan fingerprint density at radius 2 is 1.73 bits per heavy atom. The van der Waals surface area contributed by atoms with Crippen molar-refractivity contribution in [3.8, 4) is 11.5 Å². The molecule has 3 rings (SSSR count). The third-order valence-electron chi connectivity index (χ3n) is 5.20. The number of ether oxygens (including phenoxy) is 2. The molecule has 0 saturated carbocycles. The molecule has 0 saturated heterocycles. The summed E-state index contributed by atoms with van der Waals surface area (Å²) in [6, 6.07) is 14.5. The first-order chi connectivity index (χ1) is 14.6. The van der Waals surface area contributed by atoms with Crippen molar-refractivity contribution in [3.63, 3.8) is 0 Å². The molecular formula is C24H28N2O4. The van der Waals surface area contributed by atoms with Gasteiger partial charge in [-0.05, 0) is 24.1 Å². The molecule has 0 fully saturated rings. The molecule has 0 bridgehead atoms. The standard InChI is InChI=1S/C24H28N2O4/c1-4-5-14-22-25-24(28)18(15-17-10-7-6-8-11-17)19(16-27)26(22)23-20(29-2)12-9-13-21(23)30-3/h6-13,16,19,28H,4-5,14-15H2,1-3H3. The number of amidine groups is 1. The van der Waals surface area contributed by atoms with Crippen molar-refractivity contribution < 1.29 is 19.4 Å². The summed E-state index contributed by atoms with van der Waals surface area (Å²) >= 11 is 0. The molecule has 6 nitrogen and oxygen atoms in total. The van der Waals surface area contributed by atoms with E-state index in [4.69, 9.17) is 9.47 Å². The minimum atomic E-state index is -0.722. The largest absolute Gasteiger partial charge is 0.494 e. The lowest BCUT2D eigenvalue weighted by Gasteiger charge is -2.37. The summed E-state index contributed by atoms with van der Waals surface area (Å²) in [6.45, 7) is 2.09. The van der Waals surface area contributed by atoms with E-state index in [0.29, 0.717) is 41.4 Å². The summed E-state index contributed by atoms with van der Waals surface area (Å²) in [4.78, 5) is 18.7. The van der Waals surface area contributed by atoms with Crippen LogP contribution in [0.15, 0.2) is 65.0 Å². The fourth-order valence-corrected chi connectivity index (χ4v) is 3.69. The van der Waals surface area contributed by atoms with E-state index < -0.39 is 6.04 Å². The van der Waals surface area contributed by atoms with E-state index in [9.17, 15) is 9.90 Å². The smallest absolute Gasteiger partial charge is 0.214 e. The normalized spacial score (nSPS) is 16.3. The number of rotatable bonds is 9. The minimum absolute atomic E-state index is 0.0906. The summed E-state index contributed by atoms with van der Waals surface area (Å²) in [5.41, 5.74) is 2.17. The zero-order chi connectivity index (χ0) is 21.5. The van der Waals surface area contributed by atoms with Crippen LogP contribution in [0.25, 0.3) is 0 Å². The van der Waals surface area contributed by atoms with Gasteiger partial charge in [0.05, 0.1) is 14.2 Å². The lowest BCUT2D eigenvalue weighted by atomic mass is 9.95. The number of aliphatic imine (C=N–C) groups is 1. The molecule has 0 spiro atoms. The van der Waals surface area contributed by atoms with E-state index in [-0.39, 0.29) is 5.88 Å². The van der Waals surface area contributed by atoms with E-state index in [1.165, 1.54) is 0 Å². The van der Waals surface area contributed by atoms with Gasteiger partial charge in [0.15, 0.2) is 0 Å². The van der Waals surface area contributed by atoms with Gasteiger partial charge >= 0.3 is 0 Å². The highest BCUT2D eigenvalue weighted by atomic mass is 16.5. The van der Waals surface area contributed by atoms with Gasteiger partial charge < -0.3 is 24.3 Å². The number of para-hydroxylation sites is 1. The fraction of sp³-hybridized carbons (Fsp3) is 0.333. The maximum Gasteiger partial charge on any atom is 0.214 e. The van der Waals surface area contributed by atoms with Gasteiger partial charge in [-0.15, -0.1) is 0 Å². The zero-order valence-corrected chi connectivity index (χ0v) is 17.7. The lowest BCUT2D eigenvalue weighted by molar-refractivity contribution is -0.108. The van der Waals surface area contributed by atoms with E-state index >= 15 is 0 Å². The highest BCUT2D eigenvalue weighted by Crippen LogP contribution is 2.42. The molecule has 2 aromatic rings. The number of hydrogen-bond donors (Lipinski definition) is 1. The Kier molecular flexibility index (Phi) is 7.12. The monoisotopic (exact) mass is 408 g/mol. The number of aliphatic hydroxyl groups excluding tert-OH is 1. The molecule has 158 valence electrons. The predicted octanol–water partition coefficient (Wildman–Crippen LogP) is 4.69. The molecule has 0 aromatic heterocycles. The van der Waals surface area contributed by atoms with Crippen LogP contribution in [0.5, 0.6) is 11.5 Å². The van der Waals surface area contributed by atoms with Gasteiger partial charge in [-0.3, -0.25) is 0 Å². The number of aldehydes is 1. The molecule has 1 unspecified atom stereocenters. The molecule has 1 aliphatic heterocycles. The van der Waals surface area contributed by atoms with Gasteiger partial charge in [0.25, 0.3) is 0 Å². The van der Waals surface area contributed by atoms with Crippen LogP contribution in [-0.4, -0.2) is 37.5 Å². The molecule has 30 heavy (non-hydrogen) atoms. The van der Waals surface area contributed by atoms with Gasteiger partial charge in [0.2, 0.25) is 5.88 Å². The van der Waals surface area contributed by atoms with Crippen molar-refractivity contribution in [1.82, 2.24) is 0 Å². The van der Waals surface area contributed by atoms with Crippen LogP contribution in [0.3, 0.4) is 0 Å². The van der Waals surface area contributed by atoms with Gasteiger partial charge in [-0.1, -0.05) is 49.7 Å². The van der Waals surface area contributed by atoms with E-state index in [0.717, 1.165) is 24.7 Å². The Morgan fingerprint density at radius 3 is 2.30 bits per heavy atom. The first kappa shape index (κ1) is 21.4. The van der Waals surface area contributed by atoms with Gasteiger partial charge in [-0.2, -0.15) is 0 Å². The Hall–Kier alpha value is -3.28. The number of methoxy groups -OCH3 is 2. The fourth-order valence-electron chi connectivity index (χ4n) is 3.69. The van der Waals surface area contributed by atoms with Crippen LogP contribution >= 0.6 is 0 Å². The van der Waals surface area contributed by atoms with Crippen molar-refractivity contribution in [1.29, 1.82) is 0 Å². The Balaban J connectivity index is 2.15. The number of nitrogens with zero attached hydrogens (tertiary/aromatic N) is 2. The number of carbonyl (C=O) groups excluding carboxylic acids is 1. The SMILES string of the molecule is CCCCC1=NC(O)=C(Cc2ccccc2)C(C=O)N1c1c(OC)cccc1OC. The van der Waals surface area contributed by atoms with Crippen molar-refractivity contribution in [2.75, 3.05) is 19.1 Å². The molecule has 1 atom stereocenters. The number of carbonyl (C=O) groups is 1. The number of anilines is 1. The van der Waals surface area contributed by atoms with Crippen LogP contribution < -0.4 is 14.4 Å². The van der Waals surface area contributed by atoms with Crippen LogP contribution in [-0.2, 0) is 11.2 Å². The summed E-state index contributed by atoms with van der Waals surface area (Å²) in [5, 5.41) is 10.8. The maximum absolute atomic E-state index is 12.4. The molecule has 1 aliphatic rings. The second kappa shape index (κ2) is 9.96. The van der Waals surface area contributed by atoms with Gasteiger partial charge in [-0.25, -0.2) is 4.99 Å². The Labute approximate surface area is 177 Å². The number of aliphatic hydroxyl groups is 1. The zero-order valence-electron chi connectivity index (χ0n) is 17.7. The van der Waals surface area contributed by atoms with E-state index in [1.807, 2.05) is 53.4 Å². The molecule has 2 aromatic carbocycles. The Bertz CT molecular complexity index is 915. The van der Waals surface area contributed by atoms with Crippen molar-refractivity contribution >= 4 is 17.8 Å². The summed E-state index contributed by atoms with van der Waals surface area (Å²) in [5.74, 6) is 1.68. The Morgan fingerprint density at radius 1 is 1.07 bits per heavy atom. The number of hydrogen-bond acceptors (Lipinski definition) is 6. The van der Waals surface area contributed by atoms with Crippen molar-refractivity contribution in [3.05, 3.63) is 65.6 Å². The first-order valence-electron chi connectivity index (χ1n) is 10.1. The van der Waals surface area contributed by atoms with Gasteiger partial charge in [0.1, 0.15) is 35.4 Å². The number of unbranched alkanes of at least 4 members (excludes halogenated alkanes) is 1. The predicted molar refractivity (Wildman–Crippen MR) is 119 cm³/mol. The van der Waals surface area contributed by atoms with Crippen molar-refractivity contribution in [2.45, 2.75) is 38.6 Å². The first-order valence-corrected chi connectivity index (χ1v) is 10.1. The van der Waals surface area contributed by atoms with Crippen LogP contribution in [0.4, 0.5) is 5.69 Å². The summed E-state index contributed by atoms with van der Waals surface area (Å²) in [6.07, 6.45) is 3.71.